The molecule has 2 N–H and O–H groups in total. The lowest BCUT2D eigenvalue weighted by atomic mass is 10.1. The Bertz CT molecular complexity index is 1280. The molecule has 35 heavy (non-hydrogen) atoms. The first-order valence-corrected chi connectivity index (χ1v) is 14.1. The zero-order chi connectivity index (χ0) is 25.0. The highest BCUT2D eigenvalue weighted by atomic mass is 32.2. The molecular weight excluding hydrogens is 484 g/mol. The molecule has 0 saturated heterocycles. The molecule has 1 aromatic carbocycles. The number of aryl methyl sites for hydroxylation is 2. The van der Waals surface area contributed by atoms with Crippen molar-refractivity contribution in [3.63, 3.8) is 0 Å². The lowest BCUT2D eigenvalue weighted by Gasteiger charge is -2.15. The molecule has 0 bridgehead atoms. The van der Waals surface area contributed by atoms with E-state index in [1.165, 1.54) is 46.1 Å². The van der Waals surface area contributed by atoms with Gasteiger partial charge in [0, 0.05) is 12.1 Å². The van der Waals surface area contributed by atoms with Crippen LogP contribution in [0.4, 0.5) is 10.8 Å². The molecule has 188 valence electrons. The summed E-state index contributed by atoms with van der Waals surface area (Å²) < 4.78 is 39.9. The Hall–Kier alpha value is -2.85. The molecule has 10 heteroatoms. The van der Waals surface area contributed by atoms with Crippen LogP contribution < -0.4 is 19.5 Å². The number of anilines is 2. The molecule has 2 heterocycles. The van der Waals surface area contributed by atoms with Crippen molar-refractivity contribution < 1.29 is 17.9 Å². The van der Waals surface area contributed by atoms with E-state index >= 15 is 0 Å². The molecule has 0 spiro atoms. The van der Waals surface area contributed by atoms with Crippen LogP contribution in [0.2, 0.25) is 0 Å². The number of nitrogens with one attached hydrogen (secondary N) is 2. The van der Waals surface area contributed by atoms with Crippen LogP contribution in [0.5, 0.6) is 11.6 Å². The Kier molecular flexibility index (Phi) is 7.81. The minimum atomic E-state index is -3.95. The van der Waals surface area contributed by atoms with Crippen LogP contribution in [-0.2, 0) is 10.0 Å². The molecule has 8 nitrogen and oxygen atoms in total. The van der Waals surface area contributed by atoms with Gasteiger partial charge in [-0.2, -0.15) is 0 Å². The average Bonchev–Trinajstić information content (AvgIpc) is 3.02. The van der Waals surface area contributed by atoms with Crippen molar-refractivity contribution in [3.05, 3.63) is 41.7 Å². The number of ether oxygens (including phenoxy) is 2. The van der Waals surface area contributed by atoms with Crippen LogP contribution >= 0.6 is 11.3 Å². The van der Waals surface area contributed by atoms with E-state index in [-0.39, 0.29) is 10.6 Å². The number of thiazole rings is 1. The number of pyridine rings is 1. The topological polar surface area (TPSA) is 102 Å². The summed E-state index contributed by atoms with van der Waals surface area (Å²) in [6, 6.07) is 7.31. The van der Waals surface area contributed by atoms with Gasteiger partial charge in [0.15, 0.2) is 5.13 Å². The van der Waals surface area contributed by atoms with Crippen molar-refractivity contribution in [2.75, 3.05) is 24.3 Å². The predicted molar refractivity (Wildman–Crippen MR) is 140 cm³/mol. The standard InChI is InChI=1S/C25H32N4O4S2/c1-16-13-23(33-4)26-15-20(16)29-35(30,31)22-14-18(11-12-21(22)32-3)24-17(2)27-25(34-24)28-19-9-7-5-6-8-10-19/h11-15,19,29H,5-10H2,1-4H3,(H,27,28). The van der Waals surface area contributed by atoms with Gasteiger partial charge in [-0.25, -0.2) is 18.4 Å². The fourth-order valence-corrected chi connectivity index (χ4v) is 6.65. The SMILES string of the molecule is COc1cc(C)c(NS(=O)(=O)c2cc(-c3sc(NC4CCCCCC4)nc3C)ccc2OC)cn1. The van der Waals surface area contributed by atoms with E-state index in [4.69, 9.17) is 14.5 Å². The lowest BCUT2D eigenvalue weighted by molar-refractivity contribution is 0.397. The Morgan fingerprint density at radius 2 is 1.77 bits per heavy atom. The highest BCUT2D eigenvalue weighted by Crippen LogP contribution is 2.38. The van der Waals surface area contributed by atoms with Crippen LogP contribution in [0.1, 0.15) is 49.8 Å². The van der Waals surface area contributed by atoms with E-state index in [1.807, 2.05) is 13.0 Å². The zero-order valence-corrected chi connectivity index (χ0v) is 22.2. The third-order valence-corrected chi connectivity index (χ3v) is 8.76. The van der Waals surface area contributed by atoms with Gasteiger partial charge in [0.2, 0.25) is 5.88 Å². The molecule has 0 amide bonds. The summed E-state index contributed by atoms with van der Waals surface area (Å²) in [6.07, 6.45) is 8.83. The van der Waals surface area contributed by atoms with Gasteiger partial charge in [0.1, 0.15) is 10.6 Å². The molecule has 0 atom stereocenters. The van der Waals surface area contributed by atoms with Gasteiger partial charge in [-0.3, -0.25) is 4.72 Å². The Balaban J connectivity index is 1.63. The van der Waals surface area contributed by atoms with Gasteiger partial charge in [-0.1, -0.05) is 37.0 Å². The number of methoxy groups -OCH3 is 2. The predicted octanol–water partition coefficient (Wildman–Crippen LogP) is 5.77. The number of aromatic nitrogens is 2. The summed E-state index contributed by atoms with van der Waals surface area (Å²) in [5, 5.41) is 4.48. The summed E-state index contributed by atoms with van der Waals surface area (Å²) in [4.78, 5) is 9.84. The van der Waals surface area contributed by atoms with E-state index in [0.717, 1.165) is 34.1 Å². The van der Waals surface area contributed by atoms with Crippen LogP contribution in [-0.4, -0.2) is 38.6 Å². The Labute approximate surface area is 211 Å². The highest BCUT2D eigenvalue weighted by molar-refractivity contribution is 7.92. The smallest absolute Gasteiger partial charge is 0.265 e. The van der Waals surface area contributed by atoms with E-state index < -0.39 is 10.0 Å². The molecule has 3 aromatic rings. The molecule has 0 radical (unpaired) electrons. The molecule has 1 aliphatic rings. The van der Waals surface area contributed by atoms with Crippen molar-refractivity contribution in [1.82, 2.24) is 9.97 Å². The van der Waals surface area contributed by atoms with Crippen molar-refractivity contribution in [2.45, 2.75) is 63.3 Å². The molecule has 4 rings (SSSR count). The minimum absolute atomic E-state index is 0.0544. The normalized spacial score (nSPS) is 14.9. The zero-order valence-electron chi connectivity index (χ0n) is 20.6. The first-order valence-electron chi connectivity index (χ1n) is 11.8. The summed E-state index contributed by atoms with van der Waals surface area (Å²) in [7, 11) is -0.975. The second kappa shape index (κ2) is 10.8. The van der Waals surface area contributed by atoms with Gasteiger partial charge in [0.25, 0.3) is 10.0 Å². The largest absolute Gasteiger partial charge is 0.495 e. The molecule has 2 aromatic heterocycles. The van der Waals surface area contributed by atoms with Gasteiger partial charge in [0.05, 0.1) is 36.7 Å². The summed E-state index contributed by atoms with van der Waals surface area (Å²) in [5.41, 5.74) is 2.72. The van der Waals surface area contributed by atoms with Gasteiger partial charge < -0.3 is 14.8 Å². The number of nitrogens with zero attached hydrogens (tertiary/aromatic N) is 2. The molecular formula is C25H32N4O4S2. The third kappa shape index (κ3) is 5.87. The van der Waals surface area contributed by atoms with Crippen LogP contribution in [0, 0.1) is 13.8 Å². The maximum absolute atomic E-state index is 13.4. The average molecular weight is 517 g/mol. The molecule has 0 unspecified atom stereocenters. The number of benzene rings is 1. The van der Waals surface area contributed by atoms with E-state index in [0.29, 0.717) is 23.2 Å². The fourth-order valence-electron chi connectivity index (χ4n) is 4.30. The lowest BCUT2D eigenvalue weighted by Crippen LogP contribution is -2.17. The number of rotatable bonds is 8. The van der Waals surface area contributed by atoms with Crippen molar-refractivity contribution in [3.8, 4) is 22.1 Å². The van der Waals surface area contributed by atoms with Gasteiger partial charge in [-0.15, -0.1) is 0 Å². The monoisotopic (exact) mass is 516 g/mol. The van der Waals surface area contributed by atoms with Crippen molar-refractivity contribution >= 4 is 32.2 Å². The second-order valence-electron chi connectivity index (χ2n) is 8.78. The summed E-state index contributed by atoms with van der Waals surface area (Å²) in [5.74, 6) is 0.679. The van der Waals surface area contributed by atoms with E-state index in [2.05, 4.69) is 15.0 Å². The van der Waals surface area contributed by atoms with Crippen molar-refractivity contribution in [2.24, 2.45) is 0 Å². The summed E-state index contributed by atoms with van der Waals surface area (Å²) in [6.45, 7) is 3.74. The highest BCUT2D eigenvalue weighted by Gasteiger charge is 2.23. The van der Waals surface area contributed by atoms with Crippen LogP contribution in [0.15, 0.2) is 35.4 Å². The number of sulfonamides is 1. The number of hydrogen-bond acceptors (Lipinski definition) is 8. The van der Waals surface area contributed by atoms with Crippen molar-refractivity contribution in [1.29, 1.82) is 0 Å². The summed E-state index contributed by atoms with van der Waals surface area (Å²) >= 11 is 1.55. The molecule has 1 fully saturated rings. The second-order valence-corrected chi connectivity index (χ2v) is 11.4. The maximum Gasteiger partial charge on any atom is 0.265 e. The third-order valence-electron chi connectivity index (χ3n) is 6.23. The minimum Gasteiger partial charge on any atom is -0.495 e. The molecule has 1 aliphatic carbocycles. The molecule has 0 aliphatic heterocycles. The Morgan fingerprint density at radius 3 is 2.43 bits per heavy atom. The fraction of sp³-hybridized carbons (Fsp3) is 0.440. The van der Waals surface area contributed by atoms with E-state index in [9.17, 15) is 8.42 Å². The van der Waals surface area contributed by atoms with Crippen LogP contribution in [0.25, 0.3) is 10.4 Å². The van der Waals surface area contributed by atoms with Crippen LogP contribution in [0.3, 0.4) is 0 Å². The van der Waals surface area contributed by atoms with Gasteiger partial charge in [-0.05, 0) is 56.0 Å². The first-order chi connectivity index (χ1) is 16.8. The van der Waals surface area contributed by atoms with Gasteiger partial charge >= 0.3 is 0 Å². The van der Waals surface area contributed by atoms with E-state index in [1.54, 1.807) is 36.5 Å². The Morgan fingerprint density at radius 1 is 1.03 bits per heavy atom. The maximum atomic E-state index is 13.4. The quantitative estimate of drug-likeness (QED) is 0.366. The number of hydrogen-bond donors (Lipinski definition) is 2. The first kappa shape index (κ1) is 25.2. The molecule has 1 saturated carbocycles.